The molecule has 1 atom stereocenters. The van der Waals surface area contributed by atoms with Crippen molar-refractivity contribution < 1.29 is 48.6 Å². The molecule has 0 aliphatic rings. The molecular weight excluding hydrogens is 290 g/mol. The number of rotatable bonds is 4. The third-order valence-corrected chi connectivity index (χ3v) is 1.58. The van der Waals surface area contributed by atoms with Crippen LogP contribution >= 0.6 is 0 Å². The summed E-state index contributed by atoms with van der Waals surface area (Å²) in [4.78, 5) is 0. The predicted molar refractivity (Wildman–Crippen MR) is 37.1 cm³/mol. The molecule has 0 aromatic heterocycles. The number of alkyl halides is 9. The lowest BCUT2D eigenvalue weighted by molar-refractivity contribution is -0.387. The fourth-order valence-corrected chi connectivity index (χ4v) is 0.749. The summed E-state index contributed by atoms with van der Waals surface area (Å²) >= 11 is 0. The van der Waals surface area contributed by atoms with Gasteiger partial charge in [-0.05, 0) is 0 Å². The second-order valence-corrected chi connectivity index (χ2v) is 2.98. The van der Waals surface area contributed by atoms with E-state index in [2.05, 4.69) is 4.74 Å². The molecule has 0 amide bonds. The maximum atomic E-state index is 12.9. The highest BCUT2D eigenvalue weighted by Crippen LogP contribution is 2.50. The highest BCUT2D eigenvalue weighted by atomic mass is 19.4. The van der Waals surface area contributed by atoms with Gasteiger partial charge in [0, 0.05) is 0 Å². The Morgan fingerprint density at radius 1 is 0.889 bits per heavy atom. The smallest absolute Gasteiger partial charge is 0.308 e. The van der Waals surface area contributed by atoms with E-state index in [1.165, 1.54) is 0 Å². The van der Waals surface area contributed by atoms with Crippen molar-refractivity contribution in [2.75, 3.05) is 6.61 Å². The van der Waals surface area contributed by atoms with Crippen LogP contribution in [0.4, 0.5) is 43.9 Å². The van der Waals surface area contributed by atoms with Crippen molar-refractivity contribution in [1.82, 2.24) is 0 Å². The summed E-state index contributed by atoms with van der Waals surface area (Å²) in [6.07, 6.45) is -18.1. The molecule has 1 unspecified atom stereocenters. The minimum Gasteiger partial charge on any atom is -0.308 e. The number of hydrogen-bond acceptors (Lipinski definition) is 1. The SMILES string of the molecule is C=C(F)C(F)(C(F)(F)F)C(F)(F)OCC(F)(F)F. The highest BCUT2D eigenvalue weighted by Gasteiger charge is 2.75. The van der Waals surface area contributed by atoms with Crippen LogP contribution in [0, 0.1) is 0 Å². The molecule has 0 bridgehead atoms. The van der Waals surface area contributed by atoms with Gasteiger partial charge in [-0.15, -0.1) is 0 Å². The molecule has 0 spiro atoms. The summed E-state index contributed by atoms with van der Waals surface area (Å²) < 4.78 is 123. The maximum Gasteiger partial charge on any atom is 0.438 e. The first-order valence-corrected chi connectivity index (χ1v) is 3.84. The standard InChI is InChI=1S/C7H4F10O/c1-3(8)5(12,6(13,14)15)7(16,17)18-2-4(9,10)11/h1-2H2. The molecule has 0 aromatic rings. The van der Waals surface area contributed by atoms with Crippen LogP contribution < -0.4 is 0 Å². The fourth-order valence-electron chi connectivity index (χ4n) is 0.749. The zero-order valence-corrected chi connectivity index (χ0v) is 8.10. The molecule has 108 valence electrons. The van der Waals surface area contributed by atoms with Crippen molar-refractivity contribution in [1.29, 1.82) is 0 Å². The number of halogens is 10. The van der Waals surface area contributed by atoms with Gasteiger partial charge < -0.3 is 4.74 Å². The van der Waals surface area contributed by atoms with Crippen LogP contribution in [0.5, 0.6) is 0 Å². The fraction of sp³-hybridized carbons (Fsp3) is 0.714. The van der Waals surface area contributed by atoms with Crippen LogP contribution in [0.25, 0.3) is 0 Å². The molecule has 0 rings (SSSR count). The first kappa shape index (κ1) is 17.0. The van der Waals surface area contributed by atoms with Crippen molar-refractivity contribution in [3.05, 3.63) is 12.4 Å². The largest absolute Gasteiger partial charge is 0.438 e. The monoisotopic (exact) mass is 294 g/mol. The molecule has 0 radical (unpaired) electrons. The first-order chi connectivity index (χ1) is 7.65. The van der Waals surface area contributed by atoms with Crippen LogP contribution in [0.15, 0.2) is 12.4 Å². The summed E-state index contributed by atoms with van der Waals surface area (Å²) in [6, 6.07) is 0. The predicted octanol–water partition coefficient (Wildman–Crippen LogP) is 3.91. The van der Waals surface area contributed by atoms with E-state index >= 15 is 0 Å². The van der Waals surface area contributed by atoms with E-state index in [4.69, 9.17) is 0 Å². The lowest BCUT2D eigenvalue weighted by atomic mass is 10.0. The van der Waals surface area contributed by atoms with Crippen LogP contribution in [0.2, 0.25) is 0 Å². The molecule has 18 heavy (non-hydrogen) atoms. The van der Waals surface area contributed by atoms with Crippen molar-refractivity contribution in [3.63, 3.8) is 0 Å². The maximum absolute atomic E-state index is 12.9. The minimum atomic E-state index is -6.55. The van der Waals surface area contributed by atoms with Gasteiger partial charge in [-0.3, -0.25) is 0 Å². The lowest BCUT2D eigenvalue weighted by Crippen LogP contribution is -2.57. The summed E-state index contributed by atoms with van der Waals surface area (Å²) in [6.45, 7) is -1.19. The molecule has 0 fully saturated rings. The molecule has 0 aliphatic heterocycles. The van der Waals surface area contributed by atoms with Crippen molar-refractivity contribution in [3.8, 4) is 0 Å². The average Bonchev–Trinajstić information content (AvgIpc) is 2.10. The summed E-state index contributed by atoms with van der Waals surface area (Å²) in [5, 5.41) is 0. The molecule has 11 heteroatoms. The van der Waals surface area contributed by atoms with Gasteiger partial charge in [0.1, 0.15) is 12.4 Å². The topological polar surface area (TPSA) is 9.23 Å². The first-order valence-electron chi connectivity index (χ1n) is 3.84. The summed E-state index contributed by atoms with van der Waals surface area (Å²) in [5.41, 5.74) is -6.06. The zero-order chi connectivity index (χ0) is 15.0. The molecular formula is C7H4F10O. The Morgan fingerprint density at radius 2 is 1.28 bits per heavy atom. The second-order valence-electron chi connectivity index (χ2n) is 2.98. The molecule has 1 nitrogen and oxygen atoms in total. The van der Waals surface area contributed by atoms with Gasteiger partial charge in [0.25, 0.3) is 0 Å². The Labute approximate surface area is 93.0 Å². The zero-order valence-electron chi connectivity index (χ0n) is 8.10. The van der Waals surface area contributed by atoms with E-state index in [-0.39, 0.29) is 0 Å². The molecule has 0 heterocycles. The van der Waals surface area contributed by atoms with Crippen molar-refractivity contribution in [2.45, 2.75) is 24.1 Å². The van der Waals surface area contributed by atoms with Gasteiger partial charge in [0.05, 0.1) is 0 Å². The Hall–Kier alpha value is -1.00. The van der Waals surface area contributed by atoms with Gasteiger partial charge in [-0.25, -0.2) is 8.78 Å². The highest BCUT2D eigenvalue weighted by molar-refractivity contribution is 5.14. The summed E-state index contributed by atoms with van der Waals surface area (Å²) in [5.74, 6) is -3.22. The Balaban J connectivity index is 5.32. The van der Waals surface area contributed by atoms with Gasteiger partial charge in [0.15, 0.2) is 0 Å². The minimum absolute atomic E-state index is 1.70. The van der Waals surface area contributed by atoms with Gasteiger partial charge in [-0.1, -0.05) is 6.58 Å². The van der Waals surface area contributed by atoms with E-state index in [1.807, 2.05) is 0 Å². The van der Waals surface area contributed by atoms with Crippen LogP contribution in [0.3, 0.4) is 0 Å². The van der Waals surface area contributed by atoms with Gasteiger partial charge >= 0.3 is 24.1 Å². The third-order valence-electron chi connectivity index (χ3n) is 1.58. The van der Waals surface area contributed by atoms with E-state index in [0.717, 1.165) is 0 Å². The quantitative estimate of drug-likeness (QED) is 0.714. The van der Waals surface area contributed by atoms with Crippen molar-refractivity contribution in [2.24, 2.45) is 0 Å². The van der Waals surface area contributed by atoms with E-state index in [1.54, 1.807) is 6.58 Å². The van der Waals surface area contributed by atoms with Crippen LogP contribution in [-0.4, -0.2) is 30.7 Å². The Bertz CT molecular complexity index is 315. The molecule has 0 saturated heterocycles. The van der Waals surface area contributed by atoms with Crippen molar-refractivity contribution >= 4 is 0 Å². The van der Waals surface area contributed by atoms with Gasteiger partial charge in [-0.2, -0.15) is 35.1 Å². The molecule has 0 N–H and O–H groups in total. The number of hydrogen-bond donors (Lipinski definition) is 0. The number of ether oxygens (including phenoxy) is 1. The molecule has 0 saturated carbocycles. The average molecular weight is 294 g/mol. The van der Waals surface area contributed by atoms with E-state index < -0.39 is 36.6 Å². The Morgan fingerprint density at radius 3 is 1.50 bits per heavy atom. The Kier molecular flexibility index (Phi) is 4.34. The molecule has 0 aliphatic carbocycles. The van der Waals surface area contributed by atoms with E-state index in [0.29, 0.717) is 0 Å². The molecule has 0 aromatic carbocycles. The summed E-state index contributed by atoms with van der Waals surface area (Å²) in [7, 11) is 0. The second kappa shape index (κ2) is 4.59. The lowest BCUT2D eigenvalue weighted by Gasteiger charge is -2.32. The van der Waals surface area contributed by atoms with E-state index in [9.17, 15) is 43.9 Å². The van der Waals surface area contributed by atoms with Crippen LogP contribution in [-0.2, 0) is 4.74 Å². The van der Waals surface area contributed by atoms with Gasteiger partial charge in [0.2, 0.25) is 0 Å². The van der Waals surface area contributed by atoms with Crippen LogP contribution in [0.1, 0.15) is 0 Å². The third kappa shape index (κ3) is 3.27. The normalized spacial score (nSPS) is 17.4.